The number of aromatic amines is 1. The first kappa shape index (κ1) is 18.3. The monoisotopic (exact) mass is 336 g/mol. The van der Waals surface area contributed by atoms with Crippen molar-refractivity contribution in [1.29, 1.82) is 0 Å². The minimum absolute atomic E-state index is 0.0822. The number of amides is 1. The minimum atomic E-state index is -0.591. The van der Waals surface area contributed by atoms with Crippen LogP contribution in [0.5, 0.6) is 0 Å². The maximum absolute atomic E-state index is 12.7. The molecule has 1 heterocycles. The van der Waals surface area contributed by atoms with Gasteiger partial charge in [0, 0.05) is 19.5 Å². The lowest BCUT2D eigenvalue weighted by Gasteiger charge is -2.24. The molecule has 0 atom stereocenters. The Morgan fingerprint density at radius 1 is 1.29 bits per heavy atom. The summed E-state index contributed by atoms with van der Waals surface area (Å²) < 4.78 is 1.35. The Hall–Kier alpha value is -2.05. The molecule has 7 nitrogen and oxygen atoms in total. The molecule has 7 heteroatoms. The first-order chi connectivity index (χ1) is 11.5. The second kappa shape index (κ2) is 8.17. The van der Waals surface area contributed by atoms with Crippen LogP contribution in [0, 0.1) is 5.92 Å². The van der Waals surface area contributed by atoms with E-state index < -0.39 is 11.2 Å². The number of anilines is 2. The fourth-order valence-electron chi connectivity index (χ4n) is 3.41. The molecule has 2 rings (SSSR count). The van der Waals surface area contributed by atoms with Gasteiger partial charge in [0.2, 0.25) is 5.91 Å². The first-order valence-electron chi connectivity index (χ1n) is 8.92. The highest BCUT2D eigenvalue weighted by Crippen LogP contribution is 2.29. The minimum Gasteiger partial charge on any atom is -0.383 e. The van der Waals surface area contributed by atoms with E-state index in [9.17, 15) is 14.4 Å². The third kappa shape index (κ3) is 3.88. The second-order valence-electron chi connectivity index (χ2n) is 6.49. The molecule has 0 aromatic carbocycles. The summed E-state index contributed by atoms with van der Waals surface area (Å²) in [5.74, 6) is 0.374. The molecule has 1 aliphatic rings. The van der Waals surface area contributed by atoms with Crippen LogP contribution in [0.25, 0.3) is 0 Å². The van der Waals surface area contributed by atoms with Crippen LogP contribution in [-0.4, -0.2) is 22.0 Å². The van der Waals surface area contributed by atoms with E-state index in [0.717, 1.165) is 38.5 Å². The van der Waals surface area contributed by atoms with E-state index in [4.69, 9.17) is 5.73 Å². The number of nitrogens with zero attached hydrogens (tertiary/aromatic N) is 2. The molecule has 0 spiro atoms. The van der Waals surface area contributed by atoms with Crippen molar-refractivity contribution in [1.82, 2.24) is 9.55 Å². The molecular formula is C17H28N4O3. The molecule has 0 aliphatic heterocycles. The van der Waals surface area contributed by atoms with Gasteiger partial charge in [-0.2, -0.15) is 0 Å². The molecule has 1 amide bonds. The Balaban J connectivity index is 2.34. The molecule has 1 fully saturated rings. The summed E-state index contributed by atoms with van der Waals surface area (Å²) in [5.41, 5.74) is 5.09. The van der Waals surface area contributed by atoms with Gasteiger partial charge in [-0.25, -0.2) is 4.79 Å². The number of hydrogen-bond donors (Lipinski definition) is 2. The number of H-pyrrole nitrogens is 1. The number of nitrogens with one attached hydrogen (secondary N) is 1. The van der Waals surface area contributed by atoms with Crippen LogP contribution >= 0.6 is 0 Å². The molecular weight excluding hydrogens is 308 g/mol. The fraction of sp³-hybridized carbons (Fsp3) is 0.706. The van der Waals surface area contributed by atoms with Crippen molar-refractivity contribution in [3.8, 4) is 0 Å². The largest absolute Gasteiger partial charge is 0.383 e. The Bertz CT molecular complexity index is 686. The van der Waals surface area contributed by atoms with Crippen LogP contribution in [0.15, 0.2) is 9.59 Å². The summed E-state index contributed by atoms with van der Waals surface area (Å²) in [7, 11) is 0. The highest BCUT2D eigenvalue weighted by molar-refractivity contribution is 5.95. The lowest BCUT2D eigenvalue weighted by atomic mass is 10.0. The topological polar surface area (TPSA) is 101 Å². The van der Waals surface area contributed by atoms with Gasteiger partial charge in [-0.1, -0.05) is 26.2 Å². The van der Waals surface area contributed by atoms with Gasteiger partial charge in [-0.05, 0) is 32.1 Å². The van der Waals surface area contributed by atoms with Crippen molar-refractivity contribution >= 4 is 17.4 Å². The smallest absolute Gasteiger partial charge is 0.330 e. The lowest BCUT2D eigenvalue weighted by Crippen LogP contribution is -2.41. The van der Waals surface area contributed by atoms with E-state index in [1.807, 2.05) is 13.8 Å². The highest BCUT2D eigenvalue weighted by Gasteiger charge is 2.26. The SMILES string of the molecule is CCCCn1c(N)c(N(CC)C(=O)CC2CCCC2)c(=O)[nH]c1=O. The van der Waals surface area contributed by atoms with E-state index in [-0.39, 0.29) is 17.4 Å². The molecule has 0 saturated heterocycles. The van der Waals surface area contributed by atoms with Crippen molar-refractivity contribution < 1.29 is 4.79 Å². The second-order valence-corrected chi connectivity index (χ2v) is 6.49. The molecule has 1 saturated carbocycles. The van der Waals surface area contributed by atoms with Gasteiger partial charge in [0.15, 0.2) is 5.69 Å². The predicted molar refractivity (Wildman–Crippen MR) is 95.2 cm³/mol. The van der Waals surface area contributed by atoms with Crippen molar-refractivity contribution in [2.45, 2.75) is 65.3 Å². The zero-order valence-corrected chi connectivity index (χ0v) is 14.6. The molecule has 134 valence electrons. The molecule has 1 aromatic rings. The zero-order valence-electron chi connectivity index (χ0n) is 14.6. The van der Waals surface area contributed by atoms with Gasteiger partial charge in [-0.3, -0.25) is 19.1 Å². The predicted octanol–water partition coefficient (Wildman–Crippen LogP) is 1.85. The van der Waals surface area contributed by atoms with Gasteiger partial charge < -0.3 is 10.6 Å². The fourth-order valence-corrected chi connectivity index (χ4v) is 3.41. The van der Waals surface area contributed by atoms with Crippen molar-refractivity contribution in [2.75, 3.05) is 17.2 Å². The van der Waals surface area contributed by atoms with Crippen molar-refractivity contribution in [3.63, 3.8) is 0 Å². The summed E-state index contributed by atoms with van der Waals surface area (Å²) >= 11 is 0. The highest BCUT2D eigenvalue weighted by atomic mass is 16.2. The molecule has 0 unspecified atom stereocenters. The average molecular weight is 336 g/mol. The molecule has 3 N–H and O–H groups in total. The number of aromatic nitrogens is 2. The Morgan fingerprint density at radius 3 is 2.54 bits per heavy atom. The summed E-state index contributed by atoms with van der Waals surface area (Å²) in [5, 5.41) is 0. The molecule has 24 heavy (non-hydrogen) atoms. The molecule has 0 bridgehead atoms. The maximum atomic E-state index is 12.7. The van der Waals surface area contributed by atoms with Gasteiger partial charge in [0.05, 0.1) is 0 Å². The number of rotatable bonds is 7. The third-order valence-corrected chi connectivity index (χ3v) is 4.77. The number of hydrogen-bond acceptors (Lipinski definition) is 4. The zero-order chi connectivity index (χ0) is 17.7. The quantitative estimate of drug-likeness (QED) is 0.793. The van der Waals surface area contributed by atoms with Gasteiger partial charge in [0.1, 0.15) is 5.82 Å². The maximum Gasteiger partial charge on any atom is 0.330 e. The normalized spacial score (nSPS) is 14.9. The average Bonchev–Trinajstić information content (AvgIpc) is 3.03. The van der Waals surface area contributed by atoms with Crippen LogP contribution < -0.4 is 21.9 Å². The summed E-state index contributed by atoms with van der Waals surface area (Å²) in [6, 6.07) is 0. The van der Waals surface area contributed by atoms with Gasteiger partial charge >= 0.3 is 5.69 Å². The Labute approximate surface area is 141 Å². The number of carbonyl (C=O) groups is 1. The van der Waals surface area contributed by atoms with E-state index in [1.165, 1.54) is 9.47 Å². The van der Waals surface area contributed by atoms with E-state index >= 15 is 0 Å². The van der Waals surface area contributed by atoms with Gasteiger partial charge in [-0.15, -0.1) is 0 Å². The molecule has 1 aromatic heterocycles. The Kier molecular flexibility index (Phi) is 6.23. The lowest BCUT2D eigenvalue weighted by molar-refractivity contribution is -0.119. The van der Waals surface area contributed by atoms with Crippen molar-refractivity contribution in [3.05, 3.63) is 20.8 Å². The van der Waals surface area contributed by atoms with Crippen LogP contribution in [0.2, 0.25) is 0 Å². The van der Waals surface area contributed by atoms with Crippen LogP contribution in [-0.2, 0) is 11.3 Å². The van der Waals surface area contributed by atoms with Crippen LogP contribution in [0.3, 0.4) is 0 Å². The third-order valence-electron chi connectivity index (χ3n) is 4.77. The van der Waals surface area contributed by atoms with E-state index in [2.05, 4.69) is 4.98 Å². The summed E-state index contributed by atoms with van der Waals surface area (Å²) in [6.45, 7) is 4.61. The van der Waals surface area contributed by atoms with E-state index in [0.29, 0.717) is 25.4 Å². The van der Waals surface area contributed by atoms with Crippen molar-refractivity contribution in [2.24, 2.45) is 5.92 Å². The summed E-state index contributed by atoms with van der Waals surface area (Å²) in [4.78, 5) is 40.7. The number of unbranched alkanes of at least 4 members (excludes halogenated alkanes) is 1. The molecule has 0 radical (unpaired) electrons. The number of nitrogens with two attached hydrogens (primary N) is 1. The van der Waals surface area contributed by atoms with E-state index in [1.54, 1.807) is 0 Å². The number of nitrogen functional groups attached to an aromatic ring is 1. The van der Waals surface area contributed by atoms with Crippen LogP contribution in [0.1, 0.15) is 58.8 Å². The summed E-state index contributed by atoms with van der Waals surface area (Å²) in [6.07, 6.45) is 6.55. The molecule has 1 aliphatic carbocycles. The number of carbonyl (C=O) groups excluding carboxylic acids is 1. The first-order valence-corrected chi connectivity index (χ1v) is 8.92. The van der Waals surface area contributed by atoms with Crippen LogP contribution in [0.4, 0.5) is 11.5 Å². The standard InChI is InChI=1S/C17H28N4O3/c1-3-5-10-21-15(18)14(16(23)19-17(21)24)20(4-2)13(22)11-12-8-6-7-9-12/h12H,3-11,18H2,1-2H3,(H,19,23,24). The van der Waals surface area contributed by atoms with Gasteiger partial charge in [0.25, 0.3) is 5.56 Å². The Morgan fingerprint density at radius 2 is 1.96 bits per heavy atom.